The zero-order valence-corrected chi connectivity index (χ0v) is 12.8. The highest BCUT2D eigenvalue weighted by Gasteiger charge is 2.21. The third-order valence-corrected chi connectivity index (χ3v) is 3.77. The van der Waals surface area contributed by atoms with Crippen LogP contribution in [0.4, 0.5) is 5.82 Å². The third-order valence-electron chi connectivity index (χ3n) is 3.77. The SMILES string of the molecule is Cc1ccccc1-c1c(-c2cn(C)nc2C)nn(C)c1N. The minimum absolute atomic E-state index is 0.669. The van der Waals surface area contributed by atoms with Crippen molar-refractivity contribution in [1.82, 2.24) is 19.6 Å². The lowest BCUT2D eigenvalue weighted by Crippen LogP contribution is -1.98. The molecule has 0 aliphatic carbocycles. The predicted octanol–water partition coefficient (Wildman–Crippen LogP) is 2.69. The molecule has 0 atom stereocenters. The van der Waals surface area contributed by atoms with Gasteiger partial charge < -0.3 is 5.73 Å². The van der Waals surface area contributed by atoms with Crippen LogP contribution < -0.4 is 5.73 Å². The number of rotatable bonds is 2. The molecule has 3 aromatic rings. The topological polar surface area (TPSA) is 61.7 Å². The number of aryl methyl sites for hydroxylation is 4. The highest BCUT2D eigenvalue weighted by atomic mass is 15.3. The first kappa shape index (κ1) is 13.4. The van der Waals surface area contributed by atoms with E-state index in [0.29, 0.717) is 5.82 Å². The number of aromatic nitrogens is 4. The highest BCUT2D eigenvalue weighted by molar-refractivity contribution is 5.89. The van der Waals surface area contributed by atoms with Crippen molar-refractivity contribution in [3.05, 3.63) is 41.7 Å². The molecule has 5 heteroatoms. The van der Waals surface area contributed by atoms with Crippen LogP contribution in [0.3, 0.4) is 0 Å². The van der Waals surface area contributed by atoms with Crippen molar-refractivity contribution in [3.8, 4) is 22.4 Å². The summed E-state index contributed by atoms with van der Waals surface area (Å²) in [7, 11) is 3.78. The molecule has 21 heavy (non-hydrogen) atoms. The summed E-state index contributed by atoms with van der Waals surface area (Å²) < 4.78 is 3.53. The summed E-state index contributed by atoms with van der Waals surface area (Å²) in [5.74, 6) is 0.669. The van der Waals surface area contributed by atoms with Crippen molar-refractivity contribution in [2.75, 3.05) is 5.73 Å². The molecule has 2 N–H and O–H groups in total. The van der Waals surface area contributed by atoms with Gasteiger partial charge in [-0.2, -0.15) is 10.2 Å². The van der Waals surface area contributed by atoms with E-state index in [2.05, 4.69) is 29.3 Å². The first-order chi connectivity index (χ1) is 9.99. The highest BCUT2D eigenvalue weighted by Crippen LogP contribution is 2.38. The molecule has 108 valence electrons. The minimum atomic E-state index is 0.669. The fraction of sp³-hybridized carbons (Fsp3) is 0.250. The molecule has 1 aromatic carbocycles. The zero-order valence-electron chi connectivity index (χ0n) is 12.8. The van der Waals surface area contributed by atoms with Crippen LogP contribution in [-0.4, -0.2) is 19.6 Å². The van der Waals surface area contributed by atoms with Gasteiger partial charge in [-0.1, -0.05) is 24.3 Å². The van der Waals surface area contributed by atoms with Crippen molar-refractivity contribution >= 4 is 5.82 Å². The Morgan fingerprint density at radius 2 is 1.71 bits per heavy atom. The molecule has 0 saturated carbocycles. The van der Waals surface area contributed by atoms with Crippen LogP contribution in [0.25, 0.3) is 22.4 Å². The van der Waals surface area contributed by atoms with Crippen molar-refractivity contribution in [1.29, 1.82) is 0 Å². The second-order valence-corrected chi connectivity index (χ2v) is 5.35. The van der Waals surface area contributed by atoms with Gasteiger partial charge in [0.1, 0.15) is 11.5 Å². The maximum atomic E-state index is 6.27. The Hall–Kier alpha value is -2.56. The Bertz CT molecular complexity index is 810. The fourth-order valence-electron chi connectivity index (χ4n) is 2.68. The maximum absolute atomic E-state index is 6.27. The molecule has 0 unspecified atom stereocenters. The summed E-state index contributed by atoms with van der Waals surface area (Å²) >= 11 is 0. The minimum Gasteiger partial charge on any atom is -0.383 e. The number of nitrogens with zero attached hydrogens (tertiary/aromatic N) is 4. The quantitative estimate of drug-likeness (QED) is 0.785. The number of nitrogen functional groups attached to an aromatic ring is 1. The van der Waals surface area contributed by atoms with Crippen LogP contribution in [0.15, 0.2) is 30.5 Å². The second-order valence-electron chi connectivity index (χ2n) is 5.35. The van der Waals surface area contributed by atoms with Gasteiger partial charge in [0, 0.05) is 25.9 Å². The van der Waals surface area contributed by atoms with Gasteiger partial charge in [0.2, 0.25) is 0 Å². The maximum Gasteiger partial charge on any atom is 0.129 e. The van der Waals surface area contributed by atoms with Gasteiger partial charge in [0.05, 0.1) is 11.3 Å². The fourth-order valence-corrected chi connectivity index (χ4v) is 2.68. The molecular formula is C16H19N5. The molecule has 0 bridgehead atoms. The zero-order chi connectivity index (χ0) is 15.1. The van der Waals surface area contributed by atoms with E-state index in [0.717, 1.165) is 28.1 Å². The van der Waals surface area contributed by atoms with E-state index in [4.69, 9.17) is 5.73 Å². The van der Waals surface area contributed by atoms with Crippen LogP contribution in [0.1, 0.15) is 11.3 Å². The lowest BCUT2D eigenvalue weighted by Gasteiger charge is -2.07. The number of nitrogens with two attached hydrogens (primary N) is 1. The number of hydrogen-bond acceptors (Lipinski definition) is 3. The first-order valence-corrected chi connectivity index (χ1v) is 6.88. The monoisotopic (exact) mass is 281 g/mol. The Morgan fingerprint density at radius 3 is 2.33 bits per heavy atom. The summed E-state index contributed by atoms with van der Waals surface area (Å²) in [6.45, 7) is 4.07. The summed E-state index contributed by atoms with van der Waals surface area (Å²) in [6.07, 6.45) is 1.98. The van der Waals surface area contributed by atoms with Gasteiger partial charge in [-0.25, -0.2) is 0 Å². The van der Waals surface area contributed by atoms with Crippen molar-refractivity contribution in [2.45, 2.75) is 13.8 Å². The summed E-state index contributed by atoms with van der Waals surface area (Å²) in [6, 6.07) is 8.22. The molecule has 0 fully saturated rings. The molecule has 0 spiro atoms. The van der Waals surface area contributed by atoms with Gasteiger partial charge in [0.25, 0.3) is 0 Å². The van der Waals surface area contributed by atoms with E-state index < -0.39 is 0 Å². The molecule has 2 aromatic heterocycles. The smallest absolute Gasteiger partial charge is 0.129 e. The van der Waals surface area contributed by atoms with Crippen LogP contribution in [-0.2, 0) is 14.1 Å². The molecule has 0 radical (unpaired) electrons. The van der Waals surface area contributed by atoms with E-state index in [1.807, 2.05) is 39.3 Å². The summed E-state index contributed by atoms with van der Waals surface area (Å²) in [4.78, 5) is 0. The Morgan fingerprint density at radius 1 is 1.00 bits per heavy atom. The number of anilines is 1. The lowest BCUT2D eigenvalue weighted by atomic mass is 9.97. The number of hydrogen-bond donors (Lipinski definition) is 1. The predicted molar refractivity (Wildman–Crippen MR) is 84.7 cm³/mol. The van der Waals surface area contributed by atoms with E-state index in [1.54, 1.807) is 9.36 Å². The van der Waals surface area contributed by atoms with Crippen molar-refractivity contribution in [2.24, 2.45) is 14.1 Å². The average molecular weight is 281 g/mol. The lowest BCUT2D eigenvalue weighted by molar-refractivity contribution is 0.756. The summed E-state index contributed by atoms with van der Waals surface area (Å²) in [5.41, 5.74) is 12.4. The van der Waals surface area contributed by atoms with Crippen molar-refractivity contribution < 1.29 is 0 Å². The number of benzene rings is 1. The van der Waals surface area contributed by atoms with E-state index in [9.17, 15) is 0 Å². The Labute approximate surface area is 124 Å². The van der Waals surface area contributed by atoms with E-state index >= 15 is 0 Å². The molecular weight excluding hydrogens is 262 g/mol. The molecule has 3 rings (SSSR count). The van der Waals surface area contributed by atoms with Gasteiger partial charge in [0.15, 0.2) is 0 Å². The third kappa shape index (κ3) is 2.11. The van der Waals surface area contributed by atoms with Crippen LogP contribution in [0, 0.1) is 13.8 Å². The van der Waals surface area contributed by atoms with Crippen LogP contribution >= 0.6 is 0 Å². The molecule has 5 nitrogen and oxygen atoms in total. The molecule has 0 amide bonds. The second kappa shape index (κ2) is 4.77. The average Bonchev–Trinajstić information content (AvgIpc) is 2.91. The van der Waals surface area contributed by atoms with Gasteiger partial charge in [-0.15, -0.1) is 0 Å². The van der Waals surface area contributed by atoms with E-state index in [1.165, 1.54) is 5.56 Å². The normalized spacial score (nSPS) is 11.0. The van der Waals surface area contributed by atoms with Crippen LogP contribution in [0.5, 0.6) is 0 Å². The molecule has 0 aliphatic rings. The Kier molecular flexibility index (Phi) is 3.05. The van der Waals surface area contributed by atoms with Crippen LogP contribution in [0.2, 0.25) is 0 Å². The first-order valence-electron chi connectivity index (χ1n) is 6.88. The van der Waals surface area contributed by atoms with Gasteiger partial charge in [-0.3, -0.25) is 9.36 Å². The molecule has 0 saturated heterocycles. The van der Waals surface area contributed by atoms with Gasteiger partial charge >= 0.3 is 0 Å². The molecule has 0 aliphatic heterocycles. The largest absolute Gasteiger partial charge is 0.383 e. The summed E-state index contributed by atoms with van der Waals surface area (Å²) in [5, 5.41) is 9.02. The van der Waals surface area contributed by atoms with Crippen molar-refractivity contribution in [3.63, 3.8) is 0 Å². The molecule has 2 heterocycles. The Balaban J connectivity index is 2.31. The standard InChI is InChI=1S/C16H19N5/c1-10-7-5-6-8-12(10)14-15(19-21(4)16(14)17)13-9-20(3)18-11(13)2/h5-9H,17H2,1-4H3. The van der Waals surface area contributed by atoms with E-state index in [-0.39, 0.29) is 0 Å². The van der Waals surface area contributed by atoms with Gasteiger partial charge in [-0.05, 0) is 25.0 Å².